The molecule has 0 spiro atoms. The second kappa shape index (κ2) is 13.5. The molecule has 0 unspecified atom stereocenters. The Balaban J connectivity index is 1.92. The van der Waals surface area contributed by atoms with Crippen LogP contribution in [0.5, 0.6) is 0 Å². The van der Waals surface area contributed by atoms with Gasteiger partial charge in [0.2, 0.25) is 11.8 Å². The Kier molecular flexibility index (Phi) is 10.4. The van der Waals surface area contributed by atoms with Gasteiger partial charge in [0.1, 0.15) is 11.1 Å². The predicted molar refractivity (Wildman–Crippen MR) is 163 cm³/mol. The fraction of sp³-hybridized carbons (Fsp3) is 0.438. The quantitative estimate of drug-likeness (QED) is 0.222. The first-order valence-corrected chi connectivity index (χ1v) is 14.3. The molecule has 0 saturated carbocycles. The van der Waals surface area contributed by atoms with Gasteiger partial charge in [0.15, 0.2) is 11.6 Å². The summed E-state index contributed by atoms with van der Waals surface area (Å²) < 4.78 is 9.65. The number of anilines is 2. The van der Waals surface area contributed by atoms with Gasteiger partial charge in [-0.05, 0) is 36.8 Å². The molecule has 2 atom stereocenters. The van der Waals surface area contributed by atoms with Crippen molar-refractivity contribution in [3.05, 3.63) is 58.7 Å². The summed E-state index contributed by atoms with van der Waals surface area (Å²) in [6, 6.07) is 8.83. The maximum Gasteiger partial charge on any atom is 0.326 e. The first kappa shape index (κ1) is 34.1. The van der Waals surface area contributed by atoms with E-state index in [1.54, 1.807) is 0 Å². The first-order chi connectivity index (χ1) is 20.6. The number of nitrogens with two attached hydrogens (primary N) is 2. The highest BCUT2D eigenvalue weighted by atomic mass is 16.5. The molecule has 0 fully saturated rings. The van der Waals surface area contributed by atoms with Crippen molar-refractivity contribution in [1.82, 2.24) is 0 Å². The van der Waals surface area contributed by atoms with Gasteiger partial charge < -0.3 is 31.6 Å². The van der Waals surface area contributed by atoms with E-state index in [9.17, 15) is 28.8 Å². The minimum Gasteiger partial charge on any atom is -0.468 e. The second-order valence-electron chi connectivity index (χ2n) is 12.1. The minimum atomic E-state index is -1.59. The second-order valence-corrected chi connectivity index (χ2v) is 12.1. The van der Waals surface area contributed by atoms with Gasteiger partial charge in [0.25, 0.3) is 0 Å². The zero-order valence-electron chi connectivity index (χ0n) is 25.9. The van der Waals surface area contributed by atoms with Crippen molar-refractivity contribution in [2.75, 3.05) is 24.9 Å². The number of methoxy groups -OCH3 is 2. The van der Waals surface area contributed by atoms with Crippen molar-refractivity contribution in [2.24, 2.45) is 23.3 Å². The van der Waals surface area contributed by atoms with E-state index in [0.717, 1.165) is 0 Å². The molecule has 0 bridgehead atoms. The number of nitrogens with one attached hydrogen (secondary N) is 2. The third-order valence-corrected chi connectivity index (χ3v) is 7.30. The Bertz CT molecular complexity index is 1390. The van der Waals surface area contributed by atoms with Gasteiger partial charge in [-0.3, -0.25) is 28.8 Å². The first-order valence-electron chi connectivity index (χ1n) is 14.3. The summed E-state index contributed by atoms with van der Waals surface area (Å²) in [7, 11) is 2.37. The molecule has 236 valence electrons. The Hall–Kier alpha value is -4.42. The van der Waals surface area contributed by atoms with Crippen LogP contribution in [0.4, 0.5) is 11.4 Å². The molecule has 2 amide bonds. The number of carbonyl (C=O) groups is 6. The van der Waals surface area contributed by atoms with Crippen LogP contribution in [0.15, 0.2) is 36.4 Å². The third kappa shape index (κ3) is 7.20. The van der Waals surface area contributed by atoms with Crippen LogP contribution < -0.4 is 22.1 Å². The number of rotatable bonds is 12. The third-order valence-electron chi connectivity index (χ3n) is 7.30. The normalized spacial score (nSPS) is 15.0. The molecule has 3 rings (SSSR count). The molecule has 1 aliphatic rings. The van der Waals surface area contributed by atoms with Crippen LogP contribution in [0.3, 0.4) is 0 Å². The average Bonchev–Trinajstić information content (AvgIpc) is 2.93. The molecule has 2 aromatic carbocycles. The zero-order valence-corrected chi connectivity index (χ0v) is 25.9. The van der Waals surface area contributed by atoms with Crippen LogP contribution in [0.2, 0.25) is 0 Å². The van der Waals surface area contributed by atoms with Crippen LogP contribution in [0.1, 0.15) is 85.2 Å². The van der Waals surface area contributed by atoms with Crippen molar-refractivity contribution in [1.29, 1.82) is 0 Å². The molecule has 0 aromatic heterocycles. The molecular formula is C32H40N4O8. The Labute approximate surface area is 256 Å². The summed E-state index contributed by atoms with van der Waals surface area (Å²) in [5, 5.41) is 5.27. The Morgan fingerprint density at radius 2 is 1.02 bits per heavy atom. The molecule has 1 aliphatic carbocycles. The van der Waals surface area contributed by atoms with E-state index in [1.807, 2.05) is 27.7 Å². The smallest absolute Gasteiger partial charge is 0.326 e. The summed E-state index contributed by atoms with van der Waals surface area (Å²) in [5.74, 6) is -3.91. The van der Waals surface area contributed by atoms with E-state index in [1.165, 1.54) is 50.6 Å². The standard InChI is InChI=1S/C32H40N4O8/c1-17(2)13-31(33,29(41)43-5)15-23(37)35-21-11-7-9-19-25(21)27(39)20-10-8-12-22(26(20)28(19)40)36-24(38)16-32(34,14-18(3)4)30(42)44-6/h7-12,17-18H,13-16,33-34H2,1-6H3,(H,35,37)(H,36,38)/t31-,32-/m0/s1. The zero-order chi connectivity index (χ0) is 33.0. The number of esters is 2. The van der Waals surface area contributed by atoms with Crippen molar-refractivity contribution >= 4 is 46.7 Å². The number of benzene rings is 2. The summed E-state index contributed by atoms with van der Waals surface area (Å²) in [4.78, 5) is 78.5. The van der Waals surface area contributed by atoms with E-state index in [2.05, 4.69) is 10.6 Å². The molecule has 0 aliphatic heterocycles. The Morgan fingerprint density at radius 1 is 0.682 bits per heavy atom. The Morgan fingerprint density at radius 3 is 1.32 bits per heavy atom. The molecular weight excluding hydrogens is 568 g/mol. The fourth-order valence-electron chi connectivity index (χ4n) is 5.73. The lowest BCUT2D eigenvalue weighted by Crippen LogP contribution is -2.52. The fourth-order valence-corrected chi connectivity index (χ4v) is 5.73. The number of amides is 2. The molecule has 0 heterocycles. The highest BCUT2D eigenvalue weighted by Crippen LogP contribution is 2.36. The highest BCUT2D eigenvalue weighted by Gasteiger charge is 2.41. The van der Waals surface area contributed by atoms with E-state index < -0.39 is 59.2 Å². The number of hydrogen-bond acceptors (Lipinski definition) is 10. The predicted octanol–water partition coefficient (Wildman–Crippen LogP) is 2.95. The molecule has 44 heavy (non-hydrogen) atoms. The van der Waals surface area contributed by atoms with Gasteiger partial charge in [-0.15, -0.1) is 0 Å². The van der Waals surface area contributed by atoms with Crippen LogP contribution in [0.25, 0.3) is 0 Å². The van der Waals surface area contributed by atoms with E-state index >= 15 is 0 Å². The maximum absolute atomic E-state index is 13.8. The number of ether oxygens (including phenoxy) is 2. The molecule has 12 nitrogen and oxygen atoms in total. The van der Waals surface area contributed by atoms with E-state index in [0.29, 0.717) is 0 Å². The van der Waals surface area contributed by atoms with Crippen molar-refractivity contribution in [2.45, 2.75) is 64.5 Å². The molecule has 0 saturated heterocycles. The molecule has 12 heteroatoms. The number of carbonyl (C=O) groups excluding carboxylic acids is 6. The topological polar surface area (TPSA) is 197 Å². The number of fused-ring (bicyclic) bond motifs is 2. The van der Waals surface area contributed by atoms with Crippen LogP contribution >= 0.6 is 0 Å². The van der Waals surface area contributed by atoms with Crippen LogP contribution in [-0.2, 0) is 28.7 Å². The summed E-state index contributed by atoms with van der Waals surface area (Å²) in [6.45, 7) is 7.41. The van der Waals surface area contributed by atoms with Gasteiger partial charge >= 0.3 is 11.9 Å². The van der Waals surface area contributed by atoms with Crippen molar-refractivity contribution < 1.29 is 38.2 Å². The van der Waals surface area contributed by atoms with E-state index in [4.69, 9.17) is 20.9 Å². The maximum atomic E-state index is 13.8. The highest BCUT2D eigenvalue weighted by molar-refractivity contribution is 6.32. The lowest BCUT2D eigenvalue weighted by atomic mass is 9.82. The van der Waals surface area contributed by atoms with Crippen LogP contribution in [-0.4, -0.2) is 60.6 Å². The van der Waals surface area contributed by atoms with Crippen molar-refractivity contribution in [3.63, 3.8) is 0 Å². The lowest BCUT2D eigenvalue weighted by Gasteiger charge is -2.28. The summed E-state index contributed by atoms with van der Waals surface area (Å²) in [6.07, 6.45) is -0.466. The largest absolute Gasteiger partial charge is 0.468 e. The van der Waals surface area contributed by atoms with Gasteiger partial charge in [-0.25, -0.2) is 0 Å². The molecule has 0 radical (unpaired) electrons. The van der Waals surface area contributed by atoms with E-state index in [-0.39, 0.29) is 58.3 Å². The number of hydrogen-bond donors (Lipinski definition) is 4. The van der Waals surface area contributed by atoms with Gasteiger partial charge in [-0.1, -0.05) is 52.0 Å². The lowest BCUT2D eigenvalue weighted by molar-refractivity contribution is -0.149. The van der Waals surface area contributed by atoms with Gasteiger partial charge in [-0.2, -0.15) is 0 Å². The summed E-state index contributed by atoms with van der Waals surface area (Å²) >= 11 is 0. The number of ketones is 2. The van der Waals surface area contributed by atoms with Crippen LogP contribution in [0, 0.1) is 11.8 Å². The minimum absolute atomic E-state index is 0.0127. The van der Waals surface area contributed by atoms with Gasteiger partial charge in [0, 0.05) is 11.1 Å². The monoisotopic (exact) mass is 608 g/mol. The molecule has 2 aromatic rings. The van der Waals surface area contributed by atoms with Gasteiger partial charge in [0.05, 0.1) is 49.6 Å². The summed E-state index contributed by atoms with van der Waals surface area (Å²) in [5.41, 5.74) is 9.47. The van der Waals surface area contributed by atoms with Crippen molar-refractivity contribution in [3.8, 4) is 0 Å². The average molecular weight is 609 g/mol. The molecule has 6 N–H and O–H groups in total. The SMILES string of the molecule is COC(=O)[C@@](N)(CC(=O)Nc1cccc2c1C(=O)c1cccc(NC(=O)C[C@@](N)(CC(C)C)C(=O)OC)c1C2=O)CC(C)C.